The van der Waals surface area contributed by atoms with Crippen molar-refractivity contribution in [3.8, 4) is 16.9 Å². The van der Waals surface area contributed by atoms with E-state index in [1.165, 1.54) is 10.7 Å². The lowest BCUT2D eigenvalue weighted by molar-refractivity contribution is 0.104. The fourth-order valence-electron chi connectivity index (χ4n) is 2.79. The lowest BCUT2D eigenvalue weighted by atomic mass is 10.1. The Morgan fingerprint density at radius 2 is 1.92 bits per heavy atom. The van der Waals surface area contributed by atoms with Gasteiger partial charge in [-0.3, -0.25) is 9.48 Å². The average molecular weight is 389 g/mol. The number of hydrogen-bond donors (Lipinski definition) is 0. The standard InChI is InChI=1S/C16H15Cl2FN2O4/c1-2-24-16(23)25-12-7-9(11(19)8-10(12)17)13-14(18)20-5-3-4-6-21(20)15(13)22/h7-8H,2-6H2,1H3. The van der Waals surface area contributed by atoms with E-state index in [-0.39, 0.29) is 33.7 Å². The number of ether oxygens (including phenoxy) is 2. The summed E-state index contributed by atoms with van der Waals surface area (Å²) < 4.78 is 27.2. The van der Waals surface area contributed by atoms with Crippen molar-refractivity contribution >= 4 is 29.4 Å². The van der Waals surface area contributed by atoms with Crippen LogP contribution in [0.1, 0.15) is 19.8 Å². The maximum absolute atomic E-state index is 14.5. The van der Waals surface area contributed by atoms with E-state index in [1.807, 2.05) is 0 Å². The maximum Gasteiger partial charge on any atom is 0.513 e. The van der Waals surface area contributed by atoms with Gasteiger partial charge < -0.3 is 9.47 Å². The summed E-state index contributed by atoms with van der Waals surface area (Å²) in [6.07, 6.45) is 0.758. The Kier molecular flexibility index (Phi) is 5.06. The van der Waals surface area contributed by atoms with Crippen LogP contribution in [0.4, 0.5) is 9.18 Å². The summed E-state index contributed by atoms with van der Waals surface area (Å²) in [5.74, 6) is -0.843. The molecule has 0 radical (unpaired) electrons. The van der Waals surface area contributed by atoms with E-state index >= 15 is 0 Å². The van der Waals surface area contributed by atoms with Gasteiger partial charge in [0.2, 0.25) is 0 Å². The number of benzene rings is 1. The second-order valence-electron chi connectivity index (χ2n) is 5.47. The highest BCUT2D eigenvalue weighted by molar-refractivity contribution is 6.33. The second-order valence-corrected chi connectivity index (χ2v) is 6.24. The van der Waals surface area contributed by atoms with Crippen molar-refractivity contribution in [2.45, 2.75) is 32.9 Å². The number of rotatable bonds is 3. The van der Waals surface area contributed by atoms with Gasteiger partial charge in [0.15, 0.2) is 5.75 Å². The van der Waals surface area contributed by atoms with Crippen LogP contribution in [0.5, 0.6) is 5.75 Å². The van der Waals surface area contributed by atoms with Crippen LogP contribution in [-0.4, -0.2) is 22.1 Å². The third-order valence-corrected chi connectivity index (χ3v) is 4.59. The van der Waals surface area contributed by atoms with Crippen LogP contribution < -0.4 is 10.3 Å². The van der Waals surface area contributed by atoms with Crippen LogP contribution >= 0.6 is 23.2 Å². The van der Waals surface area contributed by atoms with Gasteiger partial charge in [0.25, 0.3) is 5.56 Å². The normalized spacial score (nSPS) is 13.4. The van der Waals surface area contributed by atoms with Gasteiger partial charge in [-0.2, -0.15) is 0 Å². The summed E-state index contributed by atoms with van der Waals surface area (Å²) in [4.78, 5) is 24.1. The average Bonchev–Trinajstić information content (AvgIpc) is 2.82. The van der Waals surface area contributed by atoms with Crippen molar-refractivity contribution in [3.05, 3.63) is 38.5 Å². The molecule has 0 N–H and O–H groups in total. The van der Waals surface area contributed by atoms with Crippen LogP contribution in [-0.2, 0) is 17.8 Å². The van der Waals surface area contributed by atoms with Crippen molar-refractivity contribution in [1.29, 1.82) is 0 Å². The lowest BCUT2D eigenvalue weighted by Gasteiger charge is -2.17. The van der Waals surface area contributed by atoms with Crippen LogP contribution in [0.25, 0.3) is 11.1 Å². The highest BCUT2D eigenvalue weighted by Crippen LogP contribution is 2.35. The summed E-state index contributed by atoms with van der Waals surface area (Å²) in [6, 6.07) is 2.16. The zero-order chi connectivity index (χ0) is 18.1. The van der Waals surface area contributed by atoms with Gasteiger partial charge in [-0.1, -0.05) is 23.2 Å². The lowest BCUT2D eigenvalue weighted by Crippen LogP contribution is -2.27. The minimum absolute atomic E-state index is 0.0199. The number of fused-ring (bicyclic) bond motifs is 1. The van der Waals surface area contributed by atoms with E-state index in [9.17, 15) is 14.0 Å². The van der Waals surface area contributed by atoms with Crippen molar-refractivity contribution in [1.82, 2.24) is 9.36 Å². The molecular formula is C16H15Cl2FN2O4. The molecule has 1 aromatic carbocycles. The Labute approximate surface area is 152 Å². The predicted octanol–water partition coefficient (Wildman–Crippen LogP) is 4.09. The van der Waals surface area contributed by atoms with E-state index in [0.717, 1.165) is 18.9 Å². The van der Waals surface area contributed by atoms with E-state index in [0.29, 0.717) is 13.1 Å². The molecule has 0 atom stereocenters. The molecule has 9 heteroatoms. The van der Waals surface area contributed by atoms with Gasteiger partial charge >= 0.3 is 6.16 Å². The first-order chi connectivity index (χ1) is 11.9. The molecule has 0 amide bonds. The van der Waals surface area contributed by atoms with Crippen molar-refractivity contribution in [2.24, 2.45) is 0 Å². The number of halogens is 3. The summed E-state index contributed by atoms with van der Waals surface area (Å²) >= 11 is 12.2. The third-order valence-electron chi connectivity index (χ3n) is 3.91. The maximum atomic E-state index is 14.5. The molecule has 6 nitrogen and oxygen atoms in total. The highest BCUT2D eigenvalue weighted by atomic mass is 35.5. The monoisotopic (exact) mass is 388 g/mol. The van der Waals surface area contributed by atoms with E-state index in [1.54, 1.807) is 11.6 Å². The molecule has 0 unspecified atom stereocenters. The van der Waals surface area contributed by atoms with Gasteiger partial charge in [-0.25, -0.2) is 13.9 Å². The molecule has 1 aromatic heterocycles. The molecule has 134 valence electrons. The largest absolute Gasteiger partial charge is 0.513 e. The Balaban J connectivity index is 2.10. The quantitative estimate of drug-likeness (QED) is 0.586. The third kappa shape index (κ3) is 3.26. The molecule has 1 aliphatic heterocycles. The summed E-state index contributed by atoms with van der Waals surface area (Å²) in [7, 11) is 0. The number of hydrogen-bond acceptors (Lipinski definition) is 4. The molecule has 0 spiro atoms. The minimum Gasteiger partial charge on any atom is -0.434 e. The number of nitrogens with zero attached hydrogens (tertiary/aromatic N) is 2. The summed E-state index contributed by atoms with van der Waals surface area (Å²) in [6.45, 7) is 2.82. The first-order valence-electron chi connectivity index (χ1n) is 7.77. The van der Waals surface area contributed by atoms with Crippen molar-refractivity contribution in [3.63, 3.8) is 0 Å². The molecule has 0 aliphatic carbocycles. The van der Waals surface area contributed by atoms with Crippen LogP contribution in [0, 0.1) is 5.82 Å². The minimum atomic E-state index is -0.971. The summed E-state index contributed by atoms with van der Waals surface area (Å²) in [5.41, 5.74) is -0.451. The van der Waals surface area contributed by atoms with Gasteiger partial charge in [0.1, 0.15) is 11.0 Å². The highest BCUT2D eigenvalue weighted by Gasteiger charge is 2.25. The Hall–Kier alpha value is -1.99. The van der Waals surface area contributed by atoms with E-state index < -0.39 is 17.5 Å². The zero-order valence-corrected chi connectivity index (χ0v) is 14.9. The van der Waals surface area contributed by atoms with Gasteiger partial charge in [0.05, 0.1) is 17.2 Å². The van der Waals surface area contributed by atoms with Crippen LogP contribution in [0.15, 0.2) is 16.9 Å². The molecule has 0 saturated heterocycles. The first kappa shape index (κ1) is 17.8. The topological polar surface area (TPSA) is 62.5 Å². The number of aromatic nitrogens is 2. The fraction of sp³-hybridized carbons (Fsp3) is 0.375. The van der Waals surface area contributed by atoms with Crippen molar-refractivity contribution in [2.75, 3.05) is 6.61 Å². The molecule has 2 heterocycles. The summed E-state index contributed by atoms with van der Waals surface area (Å²) in [5, 5.41) is 0.0301. The predicted molar refractivity (Wildman–Crippen MR) is 91.0 cm³/mol. The first-order valence-corrected chi connectivity index (χ1v) is 8.52. The van der Waals surface area contributed by atoms with Gasteiger partial charge in [-0.05, 0) is 31.9 Å². The Bertz CT molecular complexity index is 891. The molecule has 3 rings (SSSR count). The van der Waals surface area contributed by atoms with E-state index in [4.69, 9.17) is 27.9 Å². The smallest absolute Gasteiger partial charge is 0.434 e. The zero-order valence-electron chi connectivity index (χ0n) is 13.4. The number of carbonyl (C=O) groups is 1. The Morgan fingerprint density at radius 3 is 2.56 bits per heavy atom. The molecular weight excluding hydrogens is 374 g/mol. The second kappa shape index (κ2) is 7.09. The SMILES string of the molecule is CCOC(=O)Oc1cc(-c2c(Cl)n3n(c2=O)CCCC3)c(F)cc1Cl. The molecule has 0 saturated carbocycles. The molecule has 0 fully saturated rings. The van der Waals surface area contributed by atoms with Crippen LogP contribution in [0.2, 0.25) is 10.2 Å². The van der Waals surface area contributed by atoms with Crippen molar-refractivity contribution < 1.29 is 18.7 Å². The molecule has 0 bridgehead atoms. The van der Waals surface area contributed by atoms with Crippen LogP contribution in [0.3, 0.4) is 0 Å². The fourth-order valence-corrected chi connectivity index (χ4v) is 3.34. The Morgan fingerprint density at radius 1 is 1.24 bits per heavy atom. The van der Waals surface area contributed by atoms with E-state index in [2.05, 4.69) is 4.74 Å². The molecule has 2 aromatic rings. The molecule has 1 aliphatic rings. The van der Waals surface area contributed by atoms with Gasteiger partial charge in [-0.15, -0.1) is 0 Å². The molecule has 25 heavy (non-hydrogen) atoms. The number of carbonyl (C=O) groups excluding carboxylic acids is 1. The van der Waals surface area contributed by atoms with Gasteiger partial charge in [0, 0.05) is 18.7 Å².